The Morgan fingerprint density at radius 2 is 1.82 bits per heavy atom. The summed E-state index contributed by atoms with van der Waals surface area (Å²) in [6, 6.07) is 12.4. The number of pyridine rings is 1. The Hall–Kier alpha value is -2.15. The summed E-state index contributed by atoms with van der Waals surface area (Å²) < 4.78 is 17.4. The first-order valence-corrected chi connectivity index (χ1v) is 9.94. The SMILES string of the molecule is COc1c(N(OCc2ccccc2)C2CCC3(CC2)OCCO3)ccnc1C. The smallest absolute Gasteiger partial charge is 0.168 e. The summed E-state index contributed by atoms with van der Waals surface area (Å²) in [5.74, 6) is 0.365. The van der Waals surface area contributed by atoms with Gasteiger partial charge in [0, 0.05) is 19.0 Å². The molecule has 2 aliphatic rings. The highest BCUT2D eigenvalue weighted by Gasteiger charge is 2.42. The highest BCUT2D eigenvalue weighted by molar-refractivity contribution is 5.58. The predicted molar refractivity (Wildman–Crippen MR) is 106 cm³/mol. The van der Waals surface area contributed by atoms with E-state index >= 15 is 0 Å². The molecule has 0 bridgehead atoms. The molecule has 0 N–H and O–H groups in total. The highest BCUT2D eigenvalue weighted by atomic mass is 16.7. The van der Waals surface area contributed by atoms with Crippen LogP contribution in [-0.4, -0.2) is 37.1 Å². The Bertz CT molecular complexity index is 767. The van der Waals surface area contributed by atoms with Crippen molar-refractivity contribution in [3.63, 3.8) is 0 Å². The Balaban J connectivity index is 1.56. The van der Waals surface area contributed by atoms with Gasteiger partial charge in [-0.25, -0.2) is 5.06 Å². The molecule has 150 valence electrons. The summed E-state index contributed by atoms with van der Waals surface area (Å²) in [5, 5.41) is 2.02. The van der Waals surface area contributed by atoms with E-state index in [0.717, 1.165) is 48.4 Å². The lowest BCUT2D eigenvalue weighted by Crippen LogP contribution is -2.44. The van der Waals surface area contributed by atoms with Gasteiger partial charge in [-0.05, 0) is 31.4 Å². The number of hydrogen-bond donors (Lipinski definition) is 0. The number of benzene rings is 1. The molecule has 4 rings (SSSR count). The zero-order chi connectivity index (χ0) is 19.4. The summed E-state index contributed by atoms with van der Waals surface area (Å²) in [4.78, 5) is 10.7. The molecule has 1 aromatic carbocycles. The van der Waals surface area contributed by atoms with Crippen LogP contribution >= 0.6 is 0 Å². The second kappa shape index (κ2) is 8.47. The molecular formula is C22H28N2O4. The van der Waals surface area contributed by atoms with Gasteiger partial charge in [0.25, 0.3) is 0 Å². The van der Waals surface area contributed by atoms with Crippen LogP contribution in [0, 0.1) is 6.92 Å². The molecule has 0 atom stereocenters. The van der Waals surface area contributed by atoms with Crippen LogP contribution in [0.2, 0.25) is 0 Å². The number of anilines is 1. The van der Waals surface area contributed by atoms with Crippen LogP contribution in [0.5, 0.6) is 5.75 Å². The van der Waals surface area contributed by atoms with E-state index in [2.05, 4.69) is 17.1 Å². The fraction of sp³-hybridized carbons (Fsp3) is 0.500. The summed E-state index contributed by atoms with van der Waals surface area (Å²) in [7, 11) is 1.68. The van der Waals surface area contributed by atoms with E-state index < -0.39 is 0 Å². The average molecular weight is 384 g/mol. The third-order valence-corrected chi connectivity index (χ3v) is 5.58. The van der Waals surface area contributed by atoms with E-state index in [4.69, 9.17) is 19.0 Å². The third kappa shape index (κ3) is 3.99. The zero-order valence-corrected chi connectivity index (χ0v) is 16.6. The van der Waals surface area contributed by atoms with Gasteiger partial charge in [0.05, 0.1) is 38.7 Å². The number of nitrogens with zero attached hydrogens (tertiary/aromatic N) is 2. The molecule has 2 aromatic rings. The summed E-state index contributed by atoms with van der Waals surface area (Å²) in [6.07, 6.45) is 5.41. The van der Waals surface area contributed by atoms with Crippen molar-refractivity contribution in [3.05, 3.63) is 53.9 Å². The number of aryl methyl sites for hydroxylation is 1. The first kappa shape index (κ1) is 19.2. The second-order valence-electron chi connectivity index (χ2n) is 7.37. The van der Waals surface area contributed by atoms with Gasteiger partial charge < -0.3 is 14.2 Å². The van der Waals surface area contributed by atoms with Crippen LogP contribution in [0.1, 0.15) is 36.9 Å². The Labute approximate surface area is 166 Å². The first-order valence-electron chi connectivity index (χ1n) is 9.94. The molecule has 1 saturated carbocycles. The monoisotopic (exact) mass is 384 g/mol. The molecule has 0 unspecified atom stereocenters. The molecule has 28 heavy (non-hydrogen) atoms. The van der Waals surface area contributed by atoms with Gasteiger partial charge in [-0.2, -0.15) is 0 Å². The Morgan fingerprint density at radius 3 is 2.50 bits per heavy atom. The largest absolute Gasteiger partial charge is 0.493 e. The van der Waals surface area contributed by atoms with E-state index in [-0.39, 0.29) is 11.8 Å². The predicted octanol–water partition coefficient (Wildman–Crippen LogP) is 4.02. The summed E-state index contributed by atoms with van der Waals surface area (Å²) in [5.41, 5.74) is 2.90. The quantitative estimate of drug-likeness (QED) is 0.701. The van der Waals surface area contributed by atoms with Gasteiger partial charge in [-0.15, -0.1) is 0 Å². The van der Waals surface area contributed by atoms with E-state index in [9.17, 15) is 0 Å². The van der Waals surface area contributed by atoms with Crippen LogP contribution in [0.15, 0.2) is 42.6 Å². The van der Waals surface area contributed by atoms with E-state index in [1.807, 2.05) is 36.3 Å². The second-order valence-corrected chi connectivity index (χ2v) is 7.37. The van der Waals surface area contributed by atoms with Gasteiger partial charge in [0.15, 0.2) is 11.5 Å². The molecule has 1 aliphatic carbocycles. The van der Waals surface area contributed by atoms with Crippen molar-refractivity contribution in [3.8, 4) is 5.75 Å². The minimum Gasteiger partial charge on any atom is -0.493 e. The molecule has 1 spiro atoms. The topological polar surface area (TPSA) is 53.1 Å². The molecule has 0 amide bonds. The Morgan fingerprint density at radius 1 is 1.11 bits per heavy atom. The van der Waals surface area contributed by atoms with E-state index in [1.54, 1.807) is 13.3 Å². The average Bonchev–Trinajstić information content (AvgIpc) is 3.18. The van der Waals surface area contributed by atoms with Crippen molar-refractivity contribution >= 4 is 5.69 Å². The van der Waals surface area contributed by atoms with Crippen LogP contribution < -0.4 is 9.80 Å². The number of aromatic nitrogens is 1. The number of ether oxygens (including phenoxy) is 3. The maximum absolute atomic E-state index is 6.35. The van der Waals surface area contributed by atoms with Crippen LogP contribution in [0.4, 0.5) is 5.69 Å². The van der Waals surface area contributed by atoms with Crippen LogP contribution in [0.25, 0.3) is 0 Å². The molecule has 6 heteroatoms. The maximum atomic E-state index is 6.35. The van der Waals surface area contributed by atoms with Crippen molar-refractivity contribution in [1.82, 2.24) is 4.98 Å². The first-order chi connectivity index (χ1) is 13.7. The Kier molecular flexibility index (Phi) is 5.80. The molecule has 0 radical (unpaired) electrons. The van der Waals surface area contributed by atoms with Gasteiger partial charge in [0.2, 0.25) is 0 Å². The van der Waals surface area contributed by atoms with Crippen LogP contribution in [0.3, 0.4) is 0 Å². The van der Waals surface area contributed by atoms with Crippen molar-refractivity contribution in [2.75, 3.05) is 25.4 Å². The molecule has 1 saturated heterocycles. The molecular weight excluding hydrogens is 356 g/mol. The van der Waals surface area contributed by atoms with E-state index in [1.165, 1.54) is 0 Å². The minimum absolute atomic E-state index is 0.220. The van der Waals surface area contributed by atoms with Gasteiger partial charge in [0.1, 0.15) is 5.69 Å². The van der Waals surface area contributed by atoms with Gasteiger partial charge in [-0.3, -0.25) is 9.82 Å². The normalized spacial score (nSPS) is 19.1. The third-order valence-electron chi connectivity index (χ3n) is 5.58. The lowest BCUT2D eigenvalue weighted by atomic mass is 9.89. The van der Waals surface area contributed by atoms with Crippen LogP contribution in [-0.2, 0) is 20.9 Å². The van der Waals surface area contributed by atoms with Gasteiger partial charge >= 0.3 is 0 Å². The summed E-state index contributed by atoms with van der Waals surface area (Å²) in [6.45, 7) is 3.83. The fourth-order valence-corrected chi connectivity index (χ4v) is 4.12. The van der Waals surface area contributed by atoms with Crippen molar-refractivity contribution in [1.29, 1.82) is 0 Å². The van der Waals surface area contributed by atoms with Crippen molar-refractivity contribution in [2.45, 2.75) is 51.0 Å². The minimum atomic E-state index is -0.389. The number of hydroxylamine groups is 1. The molecule has 2 fully saturated rings. The van der Waals surface area contributed by atoms with Crippen molar-refractivity contribution < 1.29 is 19.0 Å². The number of methoxy groups -OCH3 is 1. The lowest BCUT2D eigenvalue weighted by molar-refractivity contribution is -0.181. The molecule has 2 heterocycles. The van der Waals surface area contributed by atoms with Gasteiger partial charge in [-0.1, -0.05) is 30.3 Å². The fourth-order valence-electron chi connectivity index (χ4n) is 4.12. The zero-order valence-electron chi connectivity index (χ0n) is 16.6. The molecule has 1 aromatic heterocycles. The molecule has 1 aliphatic heterocycles. The molecule has 6 nitrogen and oxygen atoms in total. The van der Waals surface area contributed by atoms with Crippen molar-refractivity contribution in [2.24, 2.45) is 0 Å². The highest BCUT2D eigenvalue weighted by Crippen LogP contribution is 2.41. The lowest BCUT2D eigenvalue weighted by Gasteiger charge is -2.40. The number of rotatable bonds is 6. The van der Waals surface area contributed by atoms with E-state index in [0.29, 0.717) is 19.8 Å². The standard InChI is InChI=1S/C22H28N2O4/c1-17-21(25-2)20(10-13-23-17)24(28-16-18-6-4-3-5-7-18)19-8-11-22(12-9-19)26-14-15-27-22/h3-7,10,13,19H,8-9,11-12,14-16H2,1-2H3. The summed E-state index contributed by atoms with van der Waals surface area (Å²) >= 11 is 0. The maximum Gasteiger partial charge on any atom is 0.168 e. The number of hydrogen-bond acceptors (Lipinski definition) is 6.